The molecule has 2 N–H and O–H groups in total. The summed E-state index contributed by atoms with van der Waals surface area (Å²) in [6.45, 7) is 1.95. The summed E-state index contributed by atoms with van der Waals surface area (Å²) in [5.41, 5.74) is 8.58. The first-order valence-corrected chi connectivity index (χ1v) is 4.77. The van der Waals surface area contributed by atoms with Gasteiger partial charge in [0.15, 0.2) is 0 Å². The Morgan fingerprint density at radius 1 is 1.46 bits per heavy atom. The molecule has 0 aromatic carbocycles. The molecule has 0 bridgehead atoms. The molecule has 0 unspecified atom stereocenters. The third-order valence-corrected chi connectivity index (χ3v) is 2.82. The highest BCUT2D eigenvalue weighted by molar-refractivity contribution is 7.14. The van der Waals surface area contributed by atoms with Crippen LogP contribution in [-0.4, -0.2) is 9.97 Å². The van der Waals surface area contributed by atoms with Crippen LogP contribution in [0.25, 0.3) is 10.4 Å². The summed E-state index contributed by atoms with van der Waals surface area (Å²) in [7, 11) is 0. The van der Waals surface area contributed by atoms with Crippen molar-refractivity contribution in [1.29, 1.82) is 0 Å². The fraction of sp³-hybridized carbons (Fsp3) is 0.111. The lowest BCUT2D eigenvalue weighted by Crippen LogP contribution is -1.90. The van der Waals surface area contributed by atoms with Gasteiger partial charge in [0.2, 0.25) is 0 Å². The molecule has 0 aliphatic rings. The fourth-order valence-electron chi connectivity index (χ4n) is 1.15. The number of rotatable bonds is 1. The predicted molar refractivity (Wildman–Crippen MR) is 54.5 cm³/mol. The van der Waals surface area contributed by atoms with Crippen molar-refractivity contribution in [3.63, 3.8) is 0 Å². The van der Waals surface area contributed by atoms with Crippen LogP contribution < -0.4 is 5.73 Å². The van der Waals surface area contributed by atoms with Gasteiger partial charge < -0.3 is 5.73 Å². The highest BCUT2D eigenvalue weighted by Crippen LogP contribution is 2.31. The van der Waals surface area contributed by atoms with E-state index in [9.17, 15) is 0 Å². The molecule has 3 nitrogen and oxygen atoms in total. The van der Waals surface area contributed by atoms with Gasteiger partial charge in [-0.2, -0.15) is 0 Å². The summed E-state index contributed by atoms with van der Waals surface area (Å²) >= 11 is 1.61. The molecule has 0 atom stereocenters. The van der Waals surface area contributed by atoms with Gasteiger partial charge in [0.05, 0.1) is 10.6 Å². The maximum atomic E-state index is 5.80. The van der Waals surface area contributed by atoms with E-state index >= 15 is 0 Å². The van der Waals surface area contributed by atoms with Crippen LogP contribution in [0.1, 0.15) is 5.69 Å². The molecular formula is C9H9N3S. The van der Waals surface area contributed by atoms with Crippen LogP contribution in [0.15, 0.2) is 24.0 Å². The molecule has 0 saturated heterocycles. The molecule has 13 heavy (non-hydrogen) atoms. The van der Waals surface area contributed by atoms with Crippen molar-refractivity contribution in [1.82, 2.24) is 9.97 Å². The molecule has 0 aliphatic heterocycles. The van der Waals surface area contributed by atoms with E-state index in [-0.39, 0.29) is 0 Å². The first-order valence-electron chi connectivity index (χ1n) is 3.89. The Morgan fingerprint density at radius 3 is 2.92 bits per heavy atom. The van der Waals surface area contributed by atoms with Crippen molar-refractivity contribution in [3.05, 3.63) is 29.7 Å². The minimum absolute atomic E-state index is 0.794. The van der Waals surface area contributed by atoms with Gasteiger partial charge in [-0.3, -0.25) is 0 Å². The lowest BCUT2D eigenvalue weighted by molar-refractivity contribution is 1.11. The number of nitrogens with zero attached hydrogens (tertiary/aromatic N) is 2. The third kappa shape index (κ3) is 1.40. The van der Waals surface area contributed by atoms with Crippen LogP contribution in [0.3, 0.4) is 0 Å². The second-order valence-electron chi connectivity index (χ2n) is 2.73. The molecule has 66 valence electrons. The summed E-state index contributed by atoms with van der Waals surface area (Å²) in [6, 6.07) is 1.90. The molecule has 0 spiro atoms. The number of anilines is 1. The minimum Gasteiger partial charge on any atom is -0.398 e. The molecule has 0 saturated carbocycles. The van der Waals surface area contributed by atoms with Gasteiger partial charge in [0.25, 0.3) is 0 Å². The van der Waals surface area contributed by atoms with E-state index in [1.165, 1.54) is 0 Å². The van der Waals surface area contributed by atoms with E-state index in [4.69, 9.17) is 5.73 Å². The Balaban J connectivity index is 2.59. The molecule has 0 aliphatic carbocycles. The predicted octanol–water partition coefficient (Wildman–Crippen LogP) is 2.10. The fourth-order valence-corrected chi connectivity index (χ4v) is 2.03. The van der Waals surface area contributed by atoms with Crippen molar-refractivity contribution in [3.8, 4) is 10.4 Å². The Kier molecular flexibility index (Phi) is 1.98. The van der Waals surface area contributed by atoms with E-state index in [1.807, 2.05) is 18.4 Å². The van der Waals surface area contributed by atoms with Crippen LogP contribution in [0.5, 0.6) is 0 Å². The second-order valence-corrected chi connectivity index (χ2v) is 3.64. The van der Waals surface area contributed by atoms with Crippen molar-refractivity contribution in [2.75, 3.05) is 5.73 Å². The number of hydrogen-bond donors (Lipinski definition) is 1. The molecule has 2 aromatic rings. The maximum Gasteiger partial charge on any atom is 0.115 e. The molecule has 2 heterocycles. The van der Waals surface area contributed by atoms with Crippen LogP contribution in [0.4, 0.5) is 5.69 Å². The topological polar surface area (TPSA) is 51.8 Å². The smallest absolute Gasteiger partial charge is 0.115 e. The Bertz CT molecular complexity index is 422. The average Bonchev–Trinajstić information content (AvgIpc) is 2.52. The zero-order valence-corrected chi connectivity index (χ0v) is 8.01. The number of hydrogen-bond acceptors (Lipinski definition) is 4. The van der Waals surface area contributed by atoms with Gasteiger partial charge in [-0.25, -0.2) is 9.97 Å². The summed E-state index contributed by atoms with van der Waals surface area (Å²) in [5, 5.41) is 1.97. The van der Waals surface area contributed by atoms with Gasteiger partial charge in [0.1, 0.15) is 6.33 Å². The first-order chi connectivity index (χ1) is 6.29. The van der Waals surface area contributed by atoms with Gasteiger partial charge in [-0.15, -0.1) is 11.3 Å². The quantitative estimate of drug-likeness (QED) is 0.751. The van der Waals surface area contributed by atoms with E-state index in [2.05, 4.69) is 9.97 Å². The first kappa shape index (κ1) is 8.19. The normalized spacial score (nSPS) is 10.2. The largest absolute Gasteiger partial charge is 0.398 e. The van der Waals surface area contributed by atoms with Crippen LogP contribution in [-0.2, 0) is 0 Å². The SMILES string of the molecule is Cc1ncncc1-c1sccc1N. The third-order valence-electron chi connectivity index (χ3n) is 1.85. The summed E-state index contributed by atoms with van der Waals surface area (Å²) in [4.78, 5) is 9.15. The second kappa shape index (κ2) is 3.14. The van der Waals surface area contributed by atoms with Gasteiger partial charge in [-0.05, 0) is 18.4 Å². The van der Waals surface area contributed by atoms with Crippen LogP contribution >= 0.6 is 11.3 Å². The minimum atomic E-state index is 0.794. The Labute approximate surface area is 80.3 Å². The Hall–Kier alpha value is -1.42. The van der Waals surface area contributed by atoms with E-state index in [1.54, 1.807) is 23.9 Å². The molecule has 2 aromatic heterocycles. The monoisotopic (exact) mass is 191 g/mol. The van der Waals surface area contributed by atoms with Crippen molar-refractivity contribution < 1.29 is 0 Å². The molecule has 2 rings (SSSR count). The van der Waals surface area contributed by atoms with Gasteiger partial charge >= 0.3 is 0 Å². The van der Waals surface area contributed by atoms with Crippen molar-refractivity contribution in [2.45, 2.75) is 6.92 Å². The number of nitrogen functional groups attached to an aromatic ring is 1. The maximum absolute atomic E-state index is 5.80. The Morgan fingerprint density at radius 2 is 2.31 bits per heavy atom. The summed E-state index contributed by atoms with van der Waals surface area (Å²) in [5.74, 6) is 0. The lowest BCUT2D eigenvalue weighted by atomic mass is 10.2. The molecular weight excluding hydrogens is 182 g/mol. The van der Waals surface area contributed by atoms with E-state index in [0.717, 1.165) is 21.8 Å². The number of thiophene rings is 1. The summed E-state index contributed by atoms with van der Waals surface area (Å²) in [6.07, 6.45) is 3.34. The molecule has 4 heteroatoms. The number of nitrogens with two attached hydrogens (primary N) is 1. The highest BCUT2D eigenvalue weighted by atomic mass is 32.1. The van der Waals surface area contributed by atoms with E-state index in [0.29, 0.717) is 0 Å². The molecule has 0 amide bonds. The average molecular weight is 191 g/mol. The van der Waals surface area contributed by atoms with Crippen LogP contribution in [0, 0.1) is 6.92 Å². The molecule has 0 radical (unpaired) electrons. The summed E-state index contributed by atoms with van der Waals surface area (Å²) < 4.78 is 0. The zero-order chi connectivity index (χ0) is 9.26. The van der Waals surface area contributed by atoms with Crippen LogP contribution in [0.2, 0.25) is 0 Å². The highest BCUT2D eigenvalue weighted by Gasteiger charge is 2.07. The standard InChI is InChI=1S/C9H9N3S/c1-6-7(4-11-5-12-6)9-8(10)2-3-13-9/h2-5H,10H2,1H3. The number of aromatic nitrogens is 2. The zero-order valence-electron chi connectivity index (χ0n) is 7.19. The lowest BCUT2D eigenvalue weighted by Gasteiger charge is -2.01. The van der Waals surface area contributed by atoms with Gasteiger partial charge in [-0.1, -0.05) is 0 Å². The van der Waals surface area contributed by atoms with E-state index < -0.39 is 0 Å². The van der Waals surface area contributed by atoms with Gasteiger partial charge in [0, 0.05) is 17.5 Å². The van der Waals surface area contributed by atoms with Crippen molar-refractivity contribution >= 4 is 17.0 Å². The molecule has 0 fully saturated rings. The van der Waals surface area contributed by atoms with Crippen molar-refractivity contribution in [2.24, 2.45) is 0 Å². The number of aryl methyl sites for hydroxylation is 1.